The zero-order valence-electron chi connectivity index (χ0n) is 18.3. The maximum absolute atomic E-state index is 4.38. The molecule has 0 aromatic rings. The van der Waals surface area contributed by atoms with E-state index in [4.69, 9.17) is 0 Å². The summed E-state index contributed by atoms with van der Waals surface area (Å²) in [5, 5.41) is 2.28. The molecule has 0 amide bonds. The number of fused-ring (bicyclic) bond motifs is 1. The first kappa shape index (κ1) is 22.1. The molecule has 2 rings (SSSR count). The van der Waals surface area contributed by atoms with E-state index in [0.717, 1.165) is 18.4 Å². The van der Waals surface area contributed by atoms with E-state index in [1.807, 2.05) is 11.8 Å². The second kappa shape index (κ2) is 8.86. The fourth-order valence-corrected chi connectivity index (χ4v) is 5.45. The Bertz CT molecular complexity index is 705. The third-order valence-corrected chi connectivity index (χ3v) is 6.78. The Morgan fingerprint density at radius 3 is 2.59 bits per heavy atom. The fraction of sp³-hybridized carbons (Fsp3) is 0.538. The molecule has 1 heterocycles. The summed E-state index contributed by atoms with van der Waals surface area (Å²) < 4.78 is 0.101. The number of thioether (sulfide) groups is 1. The van der Waals surface area contributed by atoms with Crippen molar-refractivity contribution in [3.63, 3.8) is 0 Å². The highest BCUT2D eigenvalue weighted by molar-refractivity contribution is 8.04. The van der Waals surface area contributed by atoms with Crippen LogP contribution >= 0.6 is 11.8 Å². The van der Waals surface area contributed by atoms with Gasteiger partial charge in [-0.05, 0) is 73.8 Å². The van der Waals surface area contributed by atoms with Crippen molar-refractivity contribution in [1.29, 1.82) is 0 Å². The van der Waals surface area contributed by atoms with Crippen LogP contribution in [0.25, 0.3) is 0 Å². The lowest BCUT2D eigenvalue weighted by atomic mass is 9.79. The SMILES string of the molecule is C=C(C)/C=C(\C=C(\C)CC(C)C(=C)CC(C)(C)C)C12CCCC=C1C=CS2. The molecule has 2 atom stereocenters. The van der Waals surface area contributed by atoms with Gasteiger partial charge in [-0.3, -0.25) is 0 Å². The summed E-state index contributed by atoms with van der Waals surface area (Å²) in [6.07, 6.45) is 15.3. The molecule has 0 saturated carbocycles. The van der Waals surface area contributed by atoms with Gasteiger partial charge in [-0.1, -0.05) is 81.9 Å². The normalized spacial score (nSPS) is 24.4. The lowest BCUT2D eigenvalue weighted by Gasteiger charge is -2.35. The van der Waals surface area contributed by atoms with Crippen LogP contribution < -0.4 is 0 Å². The molecule has 0 radical (unpaired) electrons. The van der Waals surface area contributed by atoms with Gasteiger partial charge in [0.2, 0.25) is 0 Å². The van der Waals surface area contributed by atoms with Gasteiger partial charge in [-0.2, -0.15) is 0 Å². The molecule has 0 bridgehead atoms. The van der Waals surface area contributed by atoms with E-state index in [2.05, 4.69) is 84.4 Å². The monoisotopic (exact) mass is 382 g/mol. The van der Waals surface area contributed by atoms with E-state index >= 15 is 0 Å². The van der Waals surface area contributed by atoms with Crippen LogP contribution in [0.3, 0.4) is 0 Å². The van der Waals surface area contributed by atoms with Gasteiger partial charge in [0.05, 0.1) is 4.75 Å². The van der Waals surface area contributed by atoms with Crippen molar-refractivity contribution in [2.75, 3.05) is 0 Å². The minimum atomic E-state index is 0.101. The van der Waals surface area contributed by atoms with Gasteiger partial charge in [0.15, 0.2) is 0 Å². The first-order valence-corrected chi connectivity index (χ1v) is 11.2. The molecule has 0 fully saturated rings. The summed E-state index contributed by atoms with van der Waals surface area (Å²) in [4.78, 5) is 0. The quantitative estimate of drug-likeness (QED) is 0.314. The van der Waals surface area contributed by atoms with Crippen molar-refractivity contribution in [3.05, 3.63) is 70.7 Å². The predicted molar refractivity (Wildman–Crippen MR) is 125 cm³/mol. The average Bonchev–Trinajstić information content (AvgIpc) is 2.97. The Labute approximate surface area is 172 Å². The molecule has 0 aromatic heterocycles. The van der Waals surface area contributed by atoms with Gasteiger partial charge in [-0.15, -0.1) is 11.8 Å². The Balaban J connectivity index is 2.23. The zero-order chi connectivity index (χ0) is 20.2. The maximum atomic E-state index is 4.38. The molecular weight excluding hydrogens is 344 g/mol. The molecule has 1 aliphatic heterocycles. The van der Waals surface area contributed by atoms with Crippen molar-refractivity contribution in [1.82, 2.24) is 0 Å². The van der Waals surface area contributed by atoms with Crippen molar-refractivity contribution >= 4 is 11.8 Å². The van der Waals surface area contributed by atoms with Gasteiger partial charge in [-0.25, -0.2) is 0 Å². The van der Waals surface area contributed by atoms with Gasteiger partial charge in [0.25, 0.3) is 0 Å². The van der Waals surface area contributed by atoms with E-state index < -0.39 is 0 Å². The first-order valence-electron chi connectivity index (χ1n) is 10.3. The Kier molecular flexibility index (Phi) is 7.25. The lowest BCUT2D eigenvalue weighted by Crippen LogP contribution is -2.28. The lowest BCUT2D eigenvalue weighted by molar-refractivity contribution is 0.391. The fourth-order valence-electron chi connectivity index (χ4n) is 4.20. The van der Waals surface area contributed by atoms with Crippen LogP contribution in [0, 0.1) is 11.3 Å². The largest absolute Gasteiger partial charge is 0.118 e. The van der Waals surface area contributed by atoms with Crippen molar-refractivity contribution in [2.24, 2.45) is 11.3 Å². The van der Waals surface area contributed by atoms with Crippen LogP contribution in [-0.2, 0) is 0 Å². The molecule has 27 heavy (non-hydrogen) atoms. The molecule has 2 aliphatic rings. The second-order valence-electron chi connectivity index (χ2n) is 9.74. The van der Waals surface area contributed by atoms with E-state index in [1.54, 1.807) is 0 Å². The minimum absolute atomic E-state index is 0.101. The highest BCUT2D eigenvalue weighted by Crippen LogP contribution is 2.52. The molecule has 0 spiro atoms. The predicted octanol–water partition coefficient (Wildman–Crippen LogP) is 8.56. The van der Waals surface area contributed by atoms with Crippen molar-refractivity contribution < 1.29 is 0 Å². The molecule has 1 heteroatoms. The van der Waals surface area contributed by atoms with Crippen LogP contribution in [0.5, 0.6) is 0 Å². The van der Waals surface area contributed by atoms with Crippen LogP contribution in [0.1, 0.15) is 73.6 Å². The summed E-state index contributed by atoms with van der Waals surface area (Å²) in [7, 11) is 0. The van der Waals surface area contributed by atoms with Crippen LogP contribution in [-0.4, -0.2) is 4.75 Å². The Morgan fingerprint density at radius 1 is 1.26 bits per heavy atom. The van der Waals surface area contributed by atoms with Gasteiger partial charge in [0, 0.05) is 0 Å². The summed E-state index contributed by atoms with van der Waals surface area (Å²) in [5.74, 6) is 0.514. The number of hydrogen-bond donors (Lipinski definition) is 0. The zero-order valence-corrected chi connectivity index (χ0v) is 19.1. The van der Waals surface area contributed by atoms with E-state index in [-0.39, 0.29) is 4.75 Å². The Morgan fingerprint density at radius 2 is 1.96 bits per heavy atom. The molecule has 1 aliphatic carbocycles. The van der Waals surface area contributed by atoms with Crippen molar-refractivity contribution in [3.8, 4) is 0 Å². The van der Waals surface area contributed by atoms with Gasteiger partial charge < -0.3 is 0 Å². The van der Waals surface area contributed by atoms with Crippen LogP contribution in [0.4, 0.5) is 0 Å². The van der Waals surface area contributed by atoms with E-state index in [1.165, 1.54) is 41.6 Å². The van der Waals surface area contributed by atoms with Gasteiger partial charge >= 0.3 is 0 Å². The third-order valence-electron chi connectivity index (χ3n) is 5.43. The first-order chi connectivity index (χ1) is 12.5. The molecular formula is C26H38S. The highest BCUT2D eigenvalue weighted by atomic mass is 32.2. The molecule has 148 valence electrons. The second-order valence-corrected chi connectivity index (χ2v) is 10.9. The van der Waals surface area contributed by atoms with Crippen LogP contribution in [0.15, 0.2) is 70.7 Å². The third kappa shape index (κ3) is 5.88. The smallest absolute Gasteiger partial charge is 0.0695 e. The number of rotatable bonds is 7. The molecule has 0 saturated heterocycles. The van der Waals surface area contributed by atoms with Gasteiger partial charge in [0.1, 0.15) is 0 Å². The highest BCUT2D eigenvalue weighted by Gasteiger charge is 2.40. The van der Waals surface area contributed by atoms with Crippen LogP contribution in [0.2, 0.25) is 0 Å². The van der Waals surface area contributed by atoms with Crippen molar-refractivity contribution in [2.45, 2.75) is 78.4 Å². The molecule has 2 unspecified atom stereocenters. The standard InChI is InChI=1S/C26H38S/c1-19(2)15-24(26-13-10-9-11-23(26)12-14-27-26)17-20(3)16-21(4)22(5)18-25(6,7)8/h11-12,14-15,17,21H,1,5,9-10,13,16,18H2,2-4,6-8H3/b20-17-,24-15+. The van der Waals surface area contributed by atoms with E-state index in [0.29, 0.717) is 11.3 Å². The summed E-state index contributed by atoms with van der Waals surface area (Å²) >= 11 is 1.98. The molecule has 0 aromatic carbocycles. The molecule has 0 N–H and O–H groups in total. The average molecular weight is 383 g/mol. The summed E-state index contributed by atoms with van der Waals surface area (Å²) in [6.45, 7) is 22.1. The number of allylic oxidation sites excluding steroid dienone is 7. The summed E-state index contributed by atoms with van der Waals surface area (Å²) in [6, 6.07) is 0. The minimum Gasteiger partial charge on any atom is -0.118 e. The molecule has 0 nitrogen and oxygen atoms in total. The number of hydrogen-bond acceptors (Lipinski definition) is 1. The maximum Gasteiger partial charge on any atom is 0.0695 e. The van der Waals surface area contributed by atoms with E-state index in [9.17, 15) is 0 Å². The topological polar surface area (TPSA) is 0 Å². The summed E-state index contributed by atoms with van der Waals surface area (Å²) in [5.41, 5.74) is 7.15. The Hall–Kier alpha value is -1.21.